The molecule has 0 saturated carbocycles. The summed E-state index contributed by atoms with van der Waals surface area (Å²) < 4.78 is 5.69. The van der Waals surface area contributed by atoms with Crippen LogP contribution in [0.15, 0.2) is 18.2 Å². The molecule has 1 aromatic rings. The largest absolute Gasteiger partial charge is 0.491 e. The van der Waals surface area contributed by atoms with Gasteiger partial charge in [-0.25, -0.2) is 0 Å². The van der Waals surface area contributed by atoms with Crippen molar-refractivity contribution >= 4 is 23.2 Å². The van der Waals surface area contributed by atoms with E-state index in [1.165, 1.54) is 6.42 Å². The lowest BCUT2D eigenvalue weighted by Gasteiger charge is -2.18. The summed E-state index contributed by atoms with van der Waals surface area (Å²) in [4.78, 5) is 2.39. The second-order valence-electron chi connectivity index (χ2n) is 5.13. The van der Waals surface area contributed by atoms with Gasteiger partial charge in [-0.05, 0) is 44.0 Å². The van der Waals surface area contributed by atoms with E-state index in [-0.39, 0.29) is 6.04 Å². The molecule has 1 aliphatic heterocycles. The van der Waals surface area contributed by atoms with Crippen molar-refractivity contribution in [3.63, 3.8) is 0 Å². The predicted molar refractivity (Wildman–Crippen MR) is 80.2 cm³/mol. The number of rotatable bonds is 5. The molecule has 1 saturated heterocycles. The first-order valence-electron chi connectivity index (χ1n) is 6.62. The van der Waals surface area contributed by atoms with Crippen LogP contribution in [0.4, 0.5) is 0 Å². The molecule has 1 aliphatic rings. The zero-order valence-electron chi connectivity index (χ0n) is 11.1. The van der Waals surface area contributed by atoms with Crippen molar-refractivity contribution in [3.05, 3.63) is 28.2 Å². The maximum atomic E-state index is 6.05. The molecule has 3 nitrogen and oxygen atoms in total. The molecule has 106 valence electrons. The van der Waals surface area contributed by atoms with E-state index in [0.29, 0.717) is 28.3 Å². The van der Waals surface area contributed by atoms with E-state index >= 15 is 0 Å². The molecule has 19 heavy (non-hydrogen) atoms. The highest BCUT2D eigenvalue weighted by Crippen LogP contribution is 2.27. The first-order valence-corrected chi connectivity index (χ1v) is 7.37. The topological polar surface area (TPSA) is 38.5 Å². The van der Waals surface area contributed by atoms with Gasteiger partial charge in [0.15, 0.2) is 0 Å². The van der Waals surface area contributed by atoms with Crippen LogP contribution in [-0.4, -0.2) is 37.2 Å². The van der Waals surface area contributed by atoms with Gasteiger partial charge >= 0.3 is 0 Å². The summed E-state index contributed by atoms with van der Waals surface area (Å²) in [5.74, 6) is 1.30. The van der Waals surface area contributed by atoms with Crippen molar-refractivity contribution < 1.29 is 4.74 Å². The standard InChI is InChI=1S/C14H20Cl2N2O/c1-10(17)11-4-5-18(9-11)6-7-19-14-3-2-12(15)8-13(14)16/h2-3,8,10-11H,4-7,9,17H2,1H3. The van der Waals surface area contributed by atoms with Gasteiger partial charge in [0.1, 0.15) is 12.4 Å². The minimum Gasteiger partial charge on any atom is -0.491 e. The lowest BCUT2D eigenvalue weighted by atomic mass is 10.0. The van der Waals surface area contributed by atoms with Crippen LogP contribution in [0.3, 0.4) is 0 Å². The van der Waals surface area contributed by atoms with Crippen LogP contribution < -0.4 is 10.5 Å². The van der Waals surface area contributed by atoms with E-state index in [0.717, 1.165) is 19.6 Å². The van der Waals surface area contributed by atoms with E-state index < -0.39 is 0 Å². The molecular formula is C14H20Cl2N2O. The summed E-state index contributed by atoms with van der Waals surface area (Å²) in [5.41, 5.74) is 5.93. The highest BCUT2D eigenvalue weighted by Gasteiger charge is 2.24. The van der Waals surface area contributed by atoms with Crippen molar-refractivity contribution in [2.24, 2.45) is 11.7 Å². The zero-order valence-corrected chi connectivity index (χ0v) is 12.6. The number of halogens is 2. The Bertz CT molecular complexity index is 426. The van der Waals surface area contributed by atoms with Crippen LogP contribution >= 0.6 is 23.2 Å². The van der Waals surface area contributed by atoms with Gasteiger partial charge in [0.05, 0.1) is 5.02 Å². The average Bonchev–Trinajstić information content (AvgIpc) is 2.81. The van der Waals surface area contributed by atoms with Crippen LogP contribution in [0.5, 0.6) is 5.75 Å². The van der Waals surface area contributed by atoms with E-state index in [1.54, 1.807) is 18.2 Å². The molecule has 1 aromatic carbocycles. The number of nitrogens with zero attached hydrogens (tertiary/aromatic N) is 1. The Morgan fingerprint density at radius 3 is 2.89 bits per heavy atom. The minimum absolute atomic E-state index is 0.275. The van der Waals surface area contributed by atoms with Crippen LogP contribution in [0.2, 0.25) is 10.0 Å². The van der Waals surface area contributed by atoms with Crippen molar-refractivity contribution in [3.8, 4) is 5.75 Å². The van der Waals surface area contributed by atoms with Gasteiger partial charge in [-0.1, -0.05) is 23.2 Å². The summed E-state index contributed by atoms with van der Waals surface area (Å²) in [7, 11) is 0. The molecule has 0 amide bonds. The Morgan fingerprint density at radius 2 is 2.26 bits per heavy atom. The Kier molecular flexibility index (Phi) is 5.34. The number of benzene rings is 1. The van der Waals surface area contributed by atoms with Gasteiger partial charge in [0.25, 0.3) is 0 Å². The first kappa shape index (κ1) is 14.9. The van der Waals surface area contributed by atoms with Crippen LogP contribution in [0.25, 0.3) is 0 Å². The number of ether oxygens (including phenoxy) is 1. The van der Waals surface area contributed by atoms with Crippen molar-refractivity contribution in [2.75, 3.05) is 26.2 Å². The third-order valence-corrected chi connectivity index (χ3v) is 4.14. The molecule has 0 bridgehead atoms. The van der Waals surface area contributed by atoms with Crippen LogP contribution in [-0.2, 0) is 0 Å². The van der Waals surface area contributed by atoms with E-state index in [4.69, 9.17) is 33.7 Å². The first-order chi connectivity index (χ1) is 9.06. The molecule has 2 N–H and O–H groups in total. The fraction of sp³-hybridized carbons (Fsp3) is 0.571. The quantitative estimate of drug-likeness (QED) is 0.908. The molecule has 0 radical (unpaired) electrons. The predicted octanol–water partition coefficient (Wildman–Crippen LogP) is 3.04. The summed E-state index contributed by atoms with van der Waals surface area (Å²) in [6, 6.07) is 5.56. The van der Waals surface area contributed by atoms with Crippen molar-refractivity contribution in [1.29, 1.82) is 0 Å². The fourth-order valence-electron chi connectivity index (χ4n) is 2.37. The molecule has 1 fully saturated rings. The molecule has 2 atom stereocenters. The lowest BCUT2D eigenvalue weighted by Crippen LogP contribution is -2.31. The molecular weight excluding hydrogens is 283 g/mol. The maximum Gasteiger partial charge on any atom is 0.138 e. The molecule has 0 aliphatic carbocycles. The van der Waals surface area contributed by atoms with Crippen molar-refractivity contribution in [2.45, 2.75) is 19.4 Å². The number of hydrogen-bond acceptors (Lipinski definition) is 3. The molecule has 2 unspecified atom stereocenters. The van der Waals surface area contributed by atoms with Crippen LogP contribution in [0.1, 0.15) is 13.3 Å². The number of nitrogens with two attached hydrogens (primary N) is 1. The number of hydrogen-bond donors (Lipinski definition) is 1. The summed E-state index contributed by atoms with van der Waals surface area (Å²) in [6.45, 7) is 5.78. The number of likely N-dealkylation sites (tertiary alicyclic amines) is 1. The Labute approximate surface area is 124 Å². The van der Waals surface area contributed by atoms with Gasteiger partial charge in [-0.3, -0.25) is 4.90 Å². The minimum atomic E-state index is 0.275. The van der Waals surface area contributed by atoms with E-state index in [9.17, 15) is 0 Å². The highest BCUT2D eigenvalue weighted by molar-refractivity contribution is 6.35. The van der Waals surface area contributed by atoms with Gasteiger partial charge in [-0.2, -0.15) is 0 Å². The normalized spacial score (nSPS) is 21.6. The monoisotopic (exact) mass is 302 g/mol. The van der Waals surface area contributed by atoms with E-state index in [1.807, 2.05) is 0 Å². The fourth-order valence-corrected chi connectivity index (χ4v) is 2.83. The lowest BCUT2D eigenvalue weighted by molar-refractivity contribution is 0.231. The Balaban J connectivity index is 1.75. The maximum absolute atomic E-state index is 6.05. The molecule has 1 heterocycles. The van der Waals surface area contributed by atoms with Crippen LogP contribution in [0, 0.1) is 5.92 Å². The van der Waals surface area contributed by atoms with Gasteiger partial charge in [0, 0.05) is 24.2 Å². The molecule has 5 heteroatoms. The second-order valence-corrected chi connectivity index (χ2v) is 5.98. The highest BCUT2D eigenvalue weighted by atomic mass is 35.5. The third-order valence-electron chi connectivity index (χ3n) is 3.61. The third kappa shape index (κ3) is 4.25. The molecule has 0 aromatic heterocycles. The summed E-state index contributed by atoms with van der Waals surface area (Å²) in [5, 5.41) is 1.18. The van der Waals surface area contributed by atoms with Gasteiger partial charge < -0.3 is 10.5 Å². The summed E-state index contributed by atoms with van der Waals surface area (Å²) in [6.07, 6.45) is 1.18. The Hall–Kier alpha value is -0.480. The average molecular weight is 303 g/mol. The summed E-state index contributed by atoms with van der Waals surface area (Å²) >= 11 is 11.9. The van der Waals surface area contributed by atoms with Gasteiger partial charge in [0.2, 0.25) is 0 Å². The van der Waals surface area contributed by atoms with Gasteiger partial charge in [-0.15, -0.1) is 0 Å². The molecule has 2 rings (SSSR count). The SMILES string of the molecule is CC(N)C1CCN(CCOc2ccc(Cl)cc2Cl)C1. The zero-order chi connectivity index (χ0) is 13.8. The van der Waals surface area contributed by atoms with E-state index in [2.05, 4.69) is 11.8 Å². The molecule has 0 spiro atoms. The van der Waals surface area contributed by atoms with Crippen molar-refractivity contribution in [1.82, 2.24) is 4.90 Å². The second kappa shape index (κ2) is 6.80. The smallest absolute Gasteiger partial charge is 0.138 e. The Morgan fingerprint density at radius 1 is 1.47 bits per heavy atom.